The largest absolute Gasteiger partial charge is 0.382 e. The second-order valence-electron chi connectivity index (χ2n) is 6.34. The van der Waals surface area contributed by atoms with Crippen LogP contribution in [-0.2, 0) is 0 Å². The summed E-state index contributed by atoms with van der Waals surface area (Å²) in [5.74, 6) is -0.945. The molecule has 0 bridgehead atoms. The minimum Gasteiger partial charge on any atom is -0.382 e. The van der Waals surface area contributed by atoms with E-state index in [1.807, 2.05) is 24.3 Å². The summed E-state index contributed by atoms with van der Waals surface area (Å²) in [4.78, 5) is 12.1. The first-order valence-corrected chi connectivity index (χ1v) is 8.65. The van der Waals surface area contributed by atoms with E-state index in [0.29, 0.717) is 11.7 Å². The molecule has 1 fully saturated rings. The Kier molecular flexibility index (Phi) is 5.47. The van der Waals surface area contributed by atoms with Crippen molar-refractivity contribution in [1.29, 1.82) is 0 Å². The molecule has 0 saturated heterocycles. The molecule has 3 rings (SSSR count). The molecule has 3 nitrogen and oxygen atoms in total. The molecule has 0 aliphatic heterocycles. The molecule has 126 valence electrons. The van der Waals surface area contributed by atoms with Gasteiger partial charge in [0.1, 0.15) is 5.82 Å². The van der Waals surface area contributed by atoms with E-state index < -0.39 is 11.7 Å². The summed E-state index contributed by atoms with van der Waals surface area (Å²) in [6, 6.07) is 14.1. The Bertz CT molecular complexity index is 676. The average molecular weight is 326 g/mol. The maximum Gasteiger partial charge on any atom is 0.258 e. The minimum atomic E-state index is -0.512. The number of halogens is 1. The molecular formula is C20H23FN2O. The number of hydrogen-bond donors (Lipinski definition) is 2. The van der Waals surface area contributed by atoms with Crippen LogP contribution in [0.5, 0.6) is 0 Å². The summed E-state index contributed by atoms with van der Waals surface area (Å²) >= 11 is 0. The number of nitrogens with one attached hydrogen (secondary N) is 2. The topological polar surface area (TPSA) is 41.1 Å². The molecule has 0 atom stereocenters. The molecule has 1 aliphatic carbocycles. The number of rotatable bonds is 4. The van der Waals surface area contributed by atoms with Gasteiger partial charge >= 0.3 is 0 Å². The van der Waals surface area contributed by atoms with Crippen molar-refractivity contribution < 1.29 is 9.18 Å². The molecule has 1 amide bonds. The lowest BCUT2D eigenvalue weighted by molar-refractivity contribution is 0.102. The predicted octanol–water partition coefficient (Wildman–Crippen LogP) is 5.21. The second-order valence-corrected chi connectivity index (χ2v) is 6.34. The zero-order valence-corrected chi connectivity index (χ0v) is 13.7. The van der Waals surface area contributed by atoms with Crippen LogP contribution in [0.15, 0.2) is 48.5 Å². The van der Waals surface area contributed by atoms with Gasteiger partial charge in [-0.1, -0.05) is 37.8 Å². The number of carbonyl (C=O) groups excluding carboxylic acids is 1. The second kappa shape index (κ2) is 7.95. The molecular weight excluding hydrogens is 303 g/mol. The zero-order valence-electron chi connectivity index (χ0n) is 13.7. The third kappa shape index (κ3) is 4.34. The van der Waals surface area contributed by atoms with Crippen molar-refractivity contribution in [2.24, 2.45) is 0 Å². The zero-order chi connectivity index (χ0) is 16.8. The Morgan fingerprint density at radius 1 is 0.875 bits per heavy atom. The van der Waals surface area contributed by atoms with E-state index in [9.17, 15) is 9.18 Å². The van der Waals surface area contributed by atoms with Crippen molar-refractivity contribution in [3.05, 3.63) is 59.9 Å². The van der Waals surface area contributed by atoms with Gasteiger partial charge in [-0.05, 0) is 49.2 Å². The maximum atomic E-state index is 13.6. The molecule has 2 aromatic carbocycles. The molecule has 0 radical (unpaired) electrons. The van der Waals surface area contributed by atoms with Crippen molar-refractivity contribution in [1.82, 2.24) is 0 Å². The third-order valence-corrected chi connectivity index (χ3v) is 4.49. The smallest absolute Gasteiger partial charge is 0.258 e. The van der Waals surface area contributed by atoms with E-state index >= 15 is 0 Å². The molecule has 1 aliphatic rings. The highest BCUT2D eigenvalue weighted by Crippen LogP contribution is 2.22. The SMILES string of the molecule is O=C(Nc1ccc(NC2CCCCCC2)cc1)c1ccccc1F. The van der Waals surface area contributed by atoms with Crippen LogP contribution >= 0.6 is 0 Å². The van der Waals surface area contributed by atoms with Gasteiger partial charge in [0.2, 0.25) is 0 Å². The van der Waals surface area contributed by atoms with E-state index in [1.54, 1.807) is 12.1 Å². The predicted molar refractivity (Wildman–Crippen MR) is 95.9 cm³/mol. The Morgan fingerprint density at radius 2 is 1.50 bits per heavy atom. The lowest BCUT2D eigenvalue weighted by Crippen LogP contribution is -2.18. The highest BCUT2D eigenvalue weighted by molar-refractivity contribution is 6.04. The molecule has 4 heteroatoms. The van der Waals surface area contributed by atoms with E-state index in [0.717, 1.165) is 5.69 Å². The number of hydrogen-bond acceptors (Lipinski definition) is 2. The highest BCUT2D eigenvalue weighted by Gasteiger charge is 2.13. The summed E-state index contributed by atoms with van der Waals surface area (Å²) < 4.78 is 13.6. The van der Waals surface area contributed by atoms with E-state index in [4.69, 9.17) is 0 Å². The van der Waals surface area contributed by atoms with Crippen LogP contribution < -0.4 is 10.6 Å². The average Bonchev–Trinajstić information content (AvgIpc) is 2.86. The van der Waals surface area contributed by atoms with Crippen molar-refractivity contribution in [3.63, 3.8) is 0 Å². The highest BCUT2D eigenvalue weighted by atomic mass is 19.1. The van der Waals surface area contributed by atoms with Gasteiger partial charge in [0.05, 0.1) is 5.56 Å². The molecule has 0 heterocycles. The summed E-state index contributed by atoms with van der Waals surface area (Å²) in [7, 11) is 0. The van der Waals surface area contributed by atoms with Crippen LogP contribution in [0, 0.1) is 5.82 Å². The van der Waals surface area contributed by atoms with E-state index in [1.165, 1.54) is 50.7 Å². The summed E-state index contributed by atoms with van der Waals surface area (Å²) in [5.41, 5.74) is 1.78. The van der Waals surface area contributed by atoms with Gasteiger partial charge in [-0.15, -0.1) is 0 Å². The van der Waals surface area contributed by atoms with Crippen molar-refractivity contribution in [3.8, 4) is 0 Å². The lowest BCUT2D eigenvalue weighted by Gasteiger charge is -2.18. The van der Waals surface area contributed by atoms with Crippen LogP contribution in [-0.4, -0.2) is 11.9 Å². The fourth-order valence-electron chi connectivity index (χ4n) is 3.15. The fourth-order valence-corrected chi connectivity index (χ4v) is 3.15. The minimum absolute atomic E-state index is 0.0538. The van der Waals surface area contributed by atoms with E-state index in [2.05, 4.69) is 10.6 Å². The Balaban J connectivity index is 1.60. The van der Waals surface area contributed by atoms with Gasteiger partial charge in [-0.3, -0.25) is 4.79 Å². The number of benzene rings is 2. The van der Waals surface area contributed by atoms with Gasteiger partial charge in [-0.25, -0.2) is 4.39 Å². The van der Waals surface area contributed by atoms with Gasteiger partial charge < -0.3 is 10.6 Å². The maximum absolute atomic E-state index is 13.6. The molecule has 2 aromatic rings. The monoisotopic (exact) mass is 326 g/mol. The summed E-state index contributed by atoms with van der Waals surface area (Å²) in [5, 5.41) is 6.30. The number of amides is 1. The third-order valence-electron chi connectivity index (χ3n) is 4.49. The molecule has 0 unspecified atom stereocenters. The molecule has 0 aromatic heterocycles. The quantitative estimate of drug-likeness (QED) is 0.757. The van der Waals surface area contributed by atoms with E-state index in [-0.39, 0.29) is 5.56 Å². The molecule has 2 N–H and O–H groups in total. The van der Waals surface area contributed by atoms with Gasteiger partial charge in [0.25, 0.3) is 5.91 Å². The van der Waals surface area contributed by atoms with Crippen LogP contribution in [0.25, 0.3) is 0 Å². The summed E-state index contributed by atoms with van der Waals surface area (Å²) in [6.45, 7) is 0. The van der Waals surface area contributed by atoms with Crippen LogP contribution in [0.4, 0.5) is 15.8 Å². The Labute approximate surface area is 142 Å². The lowest BCUT2D eigenvalue weighted by atomic mass is 10.1. The van der Waals surface area contributed by atoms with Gasteiger partial charge in [-0.2, -0.15) is 0 Å². The first-order chi connectivity index (χ1) is 11.7. The van der Waals surface area contributed by atoms with Crippen LogP contribution in [0.3, 0.4) is 0 Å². The molecule has 1 saturated carbocycles. The van der Waals surface area contributed by atoms with Gasteiger partial charge in [0.15, 0.2) is 0 Å². The normalized spacial score (nSPS) is 15.5. The van der Waals surface area contributed by atoms with Gasteiger partial charge in [0, 0.05) is 17.4 Å². The van der Waals surface area contributed by atoms with Crippen molar-refractivity contribution in [2.75, 3.05) is 10.6 Å². The Morgan fingerprint density at radius 3 is 2.17 bits per heavy atom. The summed E-state index contributed by atoms with van der Waals surface area (Å²) in [6.07, 6.45) is 7.67. The molecule has 24 heavy (non-hydrogen) atoms. The molecule has 0 spiro atoms. The fraction of sp³-hybridized carbons (Fsp3) is 0.350. The van der Waals surface area contributed by atoms with Crippen molar-refractivity contribution >= 4 is 17.3 Å². The Hall–Kier alpha value is -2.36. The standard InChI is InChI=1S/C20H23FN2O/c21-19-10-6-5-9-18(19)20(24)23-17-13-11-16(12-14-17)22-15-7-3-1-2-4-8-15/h5-6,9-15,22H,1-4,7-8H2,(H,23,24). The van der Waals surface area contributed by atoms with Crippen LogP contribution in [0.2, 0.25) is 0 Å². The van der Waals surface area contributed by atoms with Crippen molar-refractivity contribution in [2.45, 2.75) is 44.6 Å². The first kappa shape index (κ1) is 16.5. The first-order valence-electron chi connectivity index (χ1n) is 8.65. The number of carbonyl (C=O) groups is 1. The number of anilines is 2. The van der Waals surface area contributed by atoms with Crippen LogP contribution in [0.1, 0.15) is 48.9 Å².